The third kappa shape index (κ3) is 10.7. The SMILES string of the molecule is [2H]C([2H])([2H])c1cc(C2([2H])CCC(C)(C)CC2)ccc1-c1ccc(-c2cc(-c3[c-]ccc4c3oc3cc(-c5ccccc5)ccc34)ncc2C([2H])([2H])[2H])c(C([2H])([2H])[2H])c1.[2H]C([2H])([2H])c1cnc(-c2[c-]cc(F)cc2)cc1C([2H])([2H])C(C)(C)C.[Ir]. The minimum absolute atomic E-state index is 0. The molecule has 3 nitrogen and oxygen atoms in total. The van der Waals surface area contributed by atoms with Crippen LogP contribution in [-0.2, 0) is 26.5 Å². The molecule has 0 spiro atoms. The molecule has 0 amide bonds. The predicted molar refractivity (Wildman–Crippen MR) is 278 cm³/mol. The molecule has 9 aromatic rings. The van der Waals surface area contributed by atoms with Crippen LogP contribution >= 0.6 is 0 Å². The van der Waals surface area contributed by atoms with Gasteiger partial charge in [0.15, 0.2) is 0 Å². The molecule has 10 rings (SSSR count). The molecule has 1 aliphatic rings. The van der Waals surface area contributed by atoms with Gasteiger partial charge in [-0.05, 0) is 155 Å². The molecular formula is C63H61FIrN2O-2. The summed E-state index contributed by atoms with van der Waals surface area (Å²) in [5.41, 5.74) is 5.45. The van der Waals surface area contributed by atoms with Crippen LogP contribution in [0.3, 0.4) is 0 Å². The molecule has 3 aromatic heterocycles. The van der Waals surface area contributed by atoms with Gasteiger partial charge >= 0.3 is 0 Å². The average molecular weight is 1090 g/mol. The molecule has 0 atom stereocenters. The summed E-state index contributed by atoms with van der Waals surface area (Å²) >= 11 is 0. The van der Waals surface area contributed by atoms with Crippen molar-refractivity contribution in [1.29, 1.82) is 0 Å². The first-order valence-electron chi connectivity index (χ1n) is 30.0. The van der Waals surface area contributed by atoms with Crippen molar-refractivity contribution in [2.45, 2.75) is 100.0 Å². The van der Waals surface area contributed by atoms with Gasteiger partial charge in [-0.3, -0.25) is 4.39 Å². The Labute approximate surface area is 437 Å². The second-order valence-corrected chi connectivity index (χ2v) is 19.1. The fourth-order valence-electron chi connectivity index (χ4n) is 8.71. The van der Waals surface area contributed by atoms with Crippen molar-refractivity contribution < 1.29 is 49.5 Å². The summed E-state index contributed by atoms with van der Waals surface area (Å²) in [4.78, 5) is 8.69. The van der Waals surface area contributed by atoms with E-state index in [-0.39, 0.29) is 64.5 Å². The van der Waals surface area contributed by atoms with Crippen molar-refractivity contribution in [3.05, 3.63) is 191 Å². The third-order valence-electron chi connectivity index (χ3n) is 12.4. The van der Waals surface area contributed by atoms with E-state index in [9.17, 15) is 5.76 Å². The average Bonchev–Trinajstić information content (AvgIpc) is 2.98. The maximum atomic E-state index is 13.1. The quantitative estimate of drug-likeness (QED) is 0.149. The van der Waals surface area contributed by atoms with Crippen molar-refractivity contribution >= 4 is 21.9 Å². The van der Waals surface area contributed by atoms with Gasteiger partial charge in [0.2, 0.25) is 0 Å². The molecule has 6 aromatic carbocycles. The summed E-state index contributed by atoms with van der Waals surface area (Å²) in [5, 5.41) is 1.70. The number of rotatable bonds is 7. The summed E-state index contributed by atoms with van der Waals surface area (Å²) < 4.78 is 145. The smallest absolute Gasteiger partial charge is 0.121 e. The fraction of sp³-hybridized carbons (Fsp3) is 0.270. The Morgan fingerprint density at radius 3 is 2.16 bits per heavy atom. The minimum Gasteiger partial charge on any atom is -0.501 e. The standard InChI is InChI=1S/C46H42NO.C17H19FN.Ir/c1-29-24-34(33-20-22-46(4,5)23-21-33)14-17-37(29)36-16-18-38(30(2)25-36)42-27-43(47-28-31(42)3)41-13-9-12-40-39-19-15-35(26-44(39)48-45(40)41)32-10-7-6-8-11-32;1-12-11-19-16(9-14(12)10-17(2,3)4)13-5-7-15(18)8-6-13;/h6-12,14-19,24-28,33H,20-23H2,1-5H3;5,7-9,11H,10H2,1-4H3;/q2*-1;/i1D3,2D3,3D3,33D;1D3,10D2;. The van der Waals surface area contributed by atoms with Gasteiger partial charge in [0.05, 0.1) is 5.58 Å². The Bertz CT molecular complexity index is 3830. The number of aryl methyl sites for hydroxylation is 4. The van der Waals surface area contributed by atoms with E-state index in [4.69, 9.17) is 23.6 Å². The number of benzene rings is 6. The molecule has 0 aliphatic heterocycles. The molecule has 347 valence electrons. The van der Waals surface area contributed by atoms with Crippen molar-refractivity contribution in [2.75, 3.05) is 0 Å². The number of furan rings is 1. The first kappa shape index (κ1) is 32.7. The van der Waals surface area contributed by atoms with E-state index >= 15 is 0 Å². The Hall–Kier alpha value is -6.00. The zero-order chi connectivity index (χ0) is 59.8. The van der Waals surface area contributed by atoms with E-state index in [0.717, 1.165) is 40.8 Å². The number of aromatic nitrogens is 2. The molecule has 3 heterocycles. The molecule has 5 heteroatoms. The van der Waals surface area contributed by atoms with Gasteiger partial charge in [-0.25, -0.2) is 0 Å². The van der Waals surface area contributed by atoms with Gasteiger partial charge in [-0.2, -0.15) is 0 Å². The van der Waals surface area contributed by atoms with E-state index in [1.807, 2.05) is 54.6 Å². The second-order valence-electron chi connectivity index (χ2n) is 19.1. The van der Waals surface area contributed by atoms with Gasteiger partial charge in [0, 0.05) is 64.3 Å². The minimum atomic E-state index is -2.72. The van der Waals surface area contributed by atoms with Crippen LogP contribution in [0.1, 0.15) is 120 Å². The van der Waals surface area contributed by atoms with Crippen LogP contribution in [0.2, 0.25) is 0 Å². The first-order valence-corrected chi connectivity index (χ1v) is 22.5. The Kier molecular flexibility index (Phi) is 9.58. The van der Waals surface area contributed by atoms with Crippen LogP contribution in [0.4, 0.5) is 4.39 Å². The van der Waals surface area contributed by atoms with Crippen LogP contribution < -0.4 is 0 Å². The van der Waals surface area contributed by atoms with Crippen molar-refractivity contribution in [1.82, 2.24) is 9.97 Å². The normalized spacial score (nSPS) is 18.5. The Balaban J connectivity index is 0.000000302. The first-order chi connectivity index (χ1) is 38.1. The maximum Gasteiger partial charge on any atom is 0.121 e. The van der Waals surface area contributed by atoms with E-state index in [1.165, 1.54) is 36.7 Å². The van der Waals surface area contributed by atoms with Crippen molar-refractivity contribution in [3.63, 3.8) is 0 Å². The van der Waals surface area contributed by atoms with E-state index < -0.39 is 50.9 Å². The zero-order valence-electron chi connectivity index (χ0n) is 53.6. The van der Waals surface area contributed by atoms with Crippen molar-refractivity contribution in [3.8, 4) is 55.9 Å². The summed E-state index contributed by atoms with van der Waals surface area (Å²) in [7, 11) is 0. The van der Waals surface area contributed by atoms with E-state index in [2.05, 4.69) is 35.9 Å². The molecule has 0 saturated heterocycles. The summed E-state index contributed by atoms with van der Waals surface area (Å²) in [5.74, 6) is -1.37. The molecular weight excluding hydrogens is 1010 g/mol. The van der Waals surface area contributed by atoms with Crippen LogP contribution in [0.15, 0.2) is 144 Å². The Morgan fingerprint density at radius 1 is 0.706 bits per heavy atom. The molecule has 0 bridgehead atoms. The third-order valence-corrected chi connectivity index (χ3v) is 12.4. The number of hydrogen-bond donors (Lipinski definition) is 0. The van der Waals surface area contributed by atoms with Gasteiger partial charge in [0.1, 0.15) is 5.58 Å². The molecule has 1 saturated carbocycles. The second kappa shape index (κ2) is 19.9. The zero-order valence-corrected chi connectivity index (χ0v) is 41.0. The van der Waals surface area contributed by atoms with Gasteiger partial charge < -0.3 is 14.4 Å². The molecule has 1 aliphatic carbocycles. The van der Waals surface area contributed by atoms with Crippen LogP contribution in [0, 0.1) is 56.2 Å². The number of hydrogen-bond acceptors (Lipinski definition) is 3. The fourth-order valence-corrected chi connectivity index (χ4v) is 8.71. The van der Waals surface area contributed by atoms with Crippen LogP contribution in [0.25, 0.3) is 77.8 Å². The largest absolute Gasteiger partial charge is 0.501 e. The summed E-state index contributed by atoms with van der Waals surface area (Å²) in [6.45, 7) is -0.913. The topological polar surface area (TPSA) is 38.9 Å². The number of nitrogens with zero attached hydrogens (tertiary/aromatic N) is 2. The van der Waals surface area contributed by atoms with Gasteiger partial charge in [0.25, 0.3) is 0 Å². The molecule has 1 fully saturated rings. The predicted octanol–water partition coefficient (Wildman–Crippen LogP) is 17.6. The van der Waals surface area contributed by atoms with Gasteiger partial charge in [-0.1, -0.05) is 142 Å². The summed E-state index contributed by atoms with van der Waals surface area (Å²) in [6, 6.07) is 42.1. The molecule has 0 N–H and O–H groups in total. The molecule has 1 radical (unpaired) electrons. The van der Waals surface area contributed by atoms with E-state index in [1.54, 1.807) is 63.2 Å². The Morgan fingerprint density at radius 2 is 1.43 bits per heavy atom. The monoisotopic (exact) mass is 1090 g/mol. The number of halogens is 1. The summed E-state index contributed by atoms with van der Waals surface area (Å²) in [6.07, 6.45) is 3.45. The van der Waals surface area contributed by atoms with Crippen LogP contribution in [-0.4, -0.2) is 9.97 Å². The number of fused-ring (bicyclic) bond motifs is 3. The van der Waals surface area contributed by atoms with Crippen molar-refractivity contribution in [2.24, 2.45) is 10.8 Å². The van der Waals surface area contributed by atoms with Crippen LogP contribution in [0.5, 0.6) is 0 Å². The maximum absolute atomic E-state index is 13.1. The number of pyridine rings is 2. The molecule has 0 unspecified atom stereocenters. The van der Waals surface area contributed by atoms with Gasteiger partial charge in [-0.15, -0.1) is 48.0 Å². The van der Waals surface area contributed by atoms with E-state index in [0.29, 0.717) is 63.2 Å². The molecule has 68 heavy (non-hydrogen) atoms.